The Kier molecular flexibility index (Phi) is 4.46. The van der Waals surface area contributed by atoms with Gasteiger partial charge >= 0.3 is 0 Å². The molecule has 12 heavy (non-hydrogen) atoms. The Hall–Kier alpha value is -0.220. The van der Waals surface area contributed by atoms with Crippen molar-refractivity contribution in [1.82, 2.24) is 10.2 Å². The number of likely N-dealkylation sites (tertiary alicyclic amines) is 1. The summed E-state index contributed by atoms with van der Waals surface area (Å²) >= 11 is 0. The van der Waals surface area contributed by atoms with E-state index in [9.17, 15) is 8.78 Å². The maximum Gasteiger partial charge on any atom is 0.250 e. The summed E-state index contributed by atoms with van der Waals surface area (Å²) in [6.45, 7) is 3.69. The first-order valence-corrected chi connectivity index (χ1v) is 4.50. The lowest BCUT2D eigenvalue weighted by Gasteiger charge is -2.14. The quantitative estimate of drug-likeness (QED) is 0.630. The predicted octanol–water partition coefficient (Wildman–Crippen LogP) is 0.937. The van der Waals surface area contributed by atoms with Gasteiger partial charge in [0.15, 0.2) is 0 Å². The van der Waals surface area contributed by atoms with Gasteiger partial charge < -0.3 is 10.2 Å². The molecule has 0 amide bonds. The van der Waals surface area contributed by atoms with Crippen molar-refractivity contribution in [3.8, 4) is 0 Å². The molecule has 0 saturated carbocycles. The van der Waals surface area contributed by atoms with E-state index in [0.29, 0.717) is 6.54 Å². The van der Waals surface area contributed by atoms with Crippen molar-refractivity contribution < 1.29 is 8.78 Å². The highest BCUT2D eigenvalue weighted by atomic mass is 19.3. The number of hydrogen-bond donors (Lipinski definition) is 1. The normalized spacial score (nSPS) is 19.2. The van der Waals surface area contributed by atoms with Crippen LogP contribution in [0.4, 0.5) is 8.78 Å². The molecular weight excluding hydrogens is 162 g/mol. The smallest absolute Gasteiger partial charge is 0.250 e. The average molecular weight is 178 g/mol. The molecule has 0 atom stereocenters. The van der Waals surface area contributed by atoms with Gasteiger partial charge in [-0.25, -0.2) is 8.78 Å². The molecule has 1 fully saturated rings. The van der Waals surface area contributed by atoms with Crippen LogP contribution in [0.15, 0.2) is 0 Å². The van der Waals surface area contributed by atoms with Crippen molar-refractivity contribution >= 4 is 0 Å². The molecule has 1 rings (SSSR count). The summed E-state index contributed by atoms with van der Waals surface area (Å²) in [6.07, 6.45) is 0.299. The zero-order chi connectivity index (χ0) is 8.81. The molecule has 0 aromatic carbocycles. The number of hydrogen-bond acceptors (Lipinski definition) is 2. The Morgan fingerprint density at radius 2 is 1.92 bits per heavy atom. The molecule has 4 heteroatoms. The first kappa shape index (κ1) is 9.86. The van der Waals surface area contributed by atoms with E-state index in [1.165, 1.54) is 12.8 Å². The second kappa shape index (κ2) is 5.43. The molecule has 1 N–H and O–H groups in total. The van der Waals surface area contributed by atoms with E-state index in [-0.39, 0.29) is 6.54 Å². The van der Waals surface area contributed by atoms with Crippen LogP contribution >= 0.6 is 0 Å². The van der Waals surface area contributed by atoms with Crippen LogP contribution in [0.2, 0.25) is 0 Å². The molecular formula is C8H16F2N2. The molecule has 0 bridgehead atoms. The van der Waals surface area contributed by atoms with Crippen LogP contribution in [-0.4, -0.2) is 44.0 Å². The predicted molar refractivity (Wildman–Crippen MR) is 44.5 cm³/mol. The SMILES string of the molecule is FC(F)CNCCN1CCCC1. The van der Waals surface area contributed by atoms with E-state index in [1.54, 1.807) is 0 Å². The van der Waals surface area contributed by atoms with E-state index >= 15 is 0 Å². The third kappa shape index (κ3) is 3.97. The fourth-order valence-corrected chi connectivity index (χ4v) is 1.45. The lowest BCUT2D eigenvalue weighted by Crippen LogP contribution is -2.32. The summed E-state index contributed by atoms with van der Waals surface area (Å²) < 4.78 is 23.3. The topological polar surface area (TPSA) is 15.3 Å². The third-order valence-electron chi connectivity index (χ3n) is 2.10. The number of rotatable bonds is 5. The Morgan fingerprint density at radius 3 is 2.50 bits per heavy atom. The largest absolute Gasteiger partial charge is 0.310 e. The van der Waals surface area contributed by atoms with E-state index < -0.39 is 6.43 Å². The Bertz CT molecular complexity index is 114. The molecule has 0 aromatic rings. The minimum Gasteiger partial charge on any atom is -0.310 e. The van der Waals surface area contributed by atoms with Crippen molar-refractivity contribution in [2.75, 3.05) is 32.7 Å². The first-order valence-electron chi connectivity index (χ1n) is 4.50. The zero-order valence-electron chi connectivity index (χ0n) is 7.23. The van der Waals surface area contributed by atoms with Gasteiger partial charge in [-0.3, -0.25) is 0 Å². The van der Waals surface area contributed by atoms with Crippen LogP contribution in [0, 0.1) is 0 Å². The van der Waals surface area contributed by atoms with E-state index in [4.69, 9.17) is 0 Å². The second-order valence-electron chi connectivity index (χ2n) is 3.14. The van der Waals surface area contributed by atoms with Crippen LogP contribution in [0.1, 0.15) is 12.8 Å². The highest BCUT2D eigenvalue weighted by Gasteiger charge is 2.10. The average Bonchev–Trinajstić information content (AvgIpc) is 2.49. The number of alkyl halides is 2. The third-order valence-corrected chi connectivity index (χ3v) is 2.10. The van der Waals surface area contributed by atoms with Gasteiger partial charge in [-0.2, -0.15) is 0 Å². The fraction of sp³-hybridized carbons (Fsp3) is 1.00. The lowest BCUT2D eigenvalue weighted by molar-refractivity contribution is 0.144. The summed E-state index contributed by atoms with van der Waals surface area (Å²) in [7, 11) is 0. The zero-order valence-corrected chi connectivity index (χ0v) is 7.23. The van der Waals surface area contributed by atoms with Crippen molar-refractivity contribution in [3.05, 3.63) is 0 Å². The van der Waals surface area contributed by atoms with E-state index in [1.807, 2.05) is 0 Å². The maximum atomic E-state index is 11.7. The van der Waals surface area contributed by atoms with Crippen LogP contribution in [0.5, 0.6) is 0 Å². The van der Waals surface area contributed by atoms with E-state index in [0.717, 1.165) is 19.6 Å². The summed E-state index contributed by atoms with van der Waals surface area (Å²) in [4.78, 5) is 2.30. The van der Waals surface area contributed by atoms with Gasteiger partial charge in [-0.1, -0.05) is 0 Å². The molecule has 0 aliphatic carbocycles. The van der Waals surface area contributed by atoms with Crippen LogP contribution in [0.3, 0.4) is 0 Å². The molecule has 0 unspecified atom stereocenters. The molecule has 1 heterocycles. The summed E-state index contributed by atoms with van der Waals surface area (Å²) in [6, 6.07) is 0. The summed E-state index contributed by atoms with van der Waals surface area (Å²) in [5.41, 5.74) is 0. The van der Waals surface area contributed by atoms with Crippen molar-refractivity contribution in [3.63, 3.8) is 0 Å². The molecule has 72 valence electrons. The van der Waals surface area contributed by atoms with Gasteiger partial charge in [0, 0.05) is 13.1 Å². The number of halogens is 2. The Morgan fingerprint density at radius 1 is 1.25 bits per heavy atom. The van der Waals surface area contributed by atoms with Gasteiger partial charge in [0.2, 0.25) is 0 Å². The Balaban J connectivity index is 1.88. The second-order valence-corrected chi connectivity index (χ2v) is 3.14. The number of nitrogens with zero attached hydrogens (tertiary/aromatic N) is 1. The fourth-order valence-electron chi connectivity index (χ4n) is 1.45. The molecule has 0 radical (unpaired) electrons. The number of nitrogens with one attached hydrogen (secondary N) is 1. The monoisotopic (exact) mass is 178 g/mol. The first-order chi connectivity index (χ1) is 5.79. The molecule has 1 saturated heterocycles. The van der Waals surface area contributed by atoms with Crippen molar-refractivity contribution in [1.29, 1.82) is 0 Å². The minimum atomic E-state index is -2.22. The highest BCUT2D eigenvalue weighted by molar-refractivity contribution is 4.66. The highest BCUT2D eigenvalue weighted by Crippen LogP contribution is 2.05. The van der Waals surface area contributed by atoms with E-state index in [2.05, 4.69) is 10.2 Å². The van der Waals surface area contributed by atoms with Crippen molar-refractivity contribution in [2.45, 2.75) is 19.3 Å². The van der Waals surface area contributed by atoms with Gasteiger partial charge in [0.05, 0.1) is 6.54 Å². The standard InChI is InChI=1S/C8H16F2N2/c9-8(10)7-11-3-6-12-4-1-2-5-12/h8,11H,1-7H2. The van der Waals surface area contributed by atoms with Gasteiger partial charge in [0.25, 0.3) is 6.43 Å². The molecule has 2 nitrogen and oxygen atoms in total. The van der Waals surface area contributed by atoms with Gasteiger partial charge in [-0.05, 0) is 25.9 Å². The molecule has 1 aliphatic heterocycles. The van der Waals surface area contributed by atoms with Gasteiger partial charge in [-0.15, -0.1) is 0 Å². The molecule has 0 spiro atoms. The van der Waals surface area contributed by atoms with Crippen LogP contribution in [-0.2, 0) is 0 Å². The van der Waals surface area contributed by atoms with Crippen LogP contribution < -0.4 is 5.32 Å². The minimum absolute atomic E-state index is 0.173. The van der Waals surface area contributed by atoms with Crippen molar-refractivity contribution in [2.24, 2.45) is 0 Å². The molecule has 0 aromatic heterocycles. The Labute approximate surface area is 71.9 Å². The summed E-state index contributed by atoms with van der Waals surface area (Å²) in [5, 5.41) is 2.72. The maximum absolute atomic E-state index is 11.7. The van der Waals surface area contributed by atoms with Crippen LogP contribution in [0.25, 0.3) is 0 Å². The summed E-state index contributed by atoms with van der Waals surface area (Å²) in [5.74, 6) is 0. The molecule has 1 aliphatic rings. The lowest BCUT2D eigenvalue weighted by atomic mass is 10.4. The van der Waals surface area contributed by atoms with Gasteiger partial charge in [0.1, 0.15) is 0 Å².